The molecular weight excluding hydrogens is 429 g/mol. The smallest absolute Gasteiger partial charge is 0.193 e. The number of hydrogen-bond donors (Lipinski definition) is 1. The molecule has 0 radical (unpaired) electrons. The van der Waals surface area contributed by atoms with E-state index in [-0.39, 0.29) is 29.4 Å². The van der Waals surface area contributed by atoms with Crippen LogP contribution in [0.4, 0.5) is 0 Å². The number of benzene rings is 1. The third kappa shape index (κ3) is 6.09. The maximum absolute atomic E-state index is 4.42. The van der Waals surface area contributed by atoms with Gasteiger partial charge in [0.05, 0.1) is 0 Å². The standard InChI is InChI=1S/C19H27N3S.HI/c1-19(2,16-9-6-5-7-10-16)15-21-18(20-3)22(4)13-12-17-11-8-14-23-17;/h5-11,14H,12-13,15H2,1-4H3,(H,20,21);1H. The van der Waals surface area contributed by atoms with Crippen molar-refractivity contribution in [3.8, 4) is 0 Å². The number of nitrogens with one attached hydrogen (secondary N) is 1. The number of aliphatic imine (C=N–C) groups is 1. The molecule has 5 heteroatoms. The Labute approximate surface area is 167 Å². The average Bonchev–Trinajstić information content (AvgIpc) is 3.07. The SMILES string of the molecule is CN=C(NCC(C)(C)c1ccccc1)N(C)CCc1cccs1.I. The van der Waals surface area contributed by atoms with Gasteiger partial charge in [-0.15, -0.1) is 35.3 Å². The molecule has 0 saturated heterocycles. The minimum absolute atomic E-state index is 0. The second-order valence-corrected chi connectivity index (χ2v) is 7.43. The Morgan fingerprint density at radius 1 is 1.17 bits per heavy atom. The van der Waals surface area contributed by atoms with Crippen molar-refractivity contribution in [3.05, 3.63) is 58.3 Å². The first-order valence-electron chi connectivity index (χ1n) is 8.02. The van der Waals surface area contributed by atoms with Gasteiger partial charge in [-0.1, -0.05) is 50.2 Å². The Balaban J connectivity index is 0.00000288. The molecule has 0 unspecified atom stereocenters. The molecule has 0 amide bonds. The molecule has 132 valence electrons. The van der Waals surface area contributed by atoms with E-state index in [0.29, 0.717) is 0 Å². The van der Waals surface area contributed by atoms with Crippen LogP contribution >= 0.6 is 35.3 Å². The summed E-state index contributed by atoms with van der Waals surface area (Å²) < 4.78 is 0. The monoisotopic (exact) mass is 457 g/mol. The van der Waals surface area contributed by atoms with Gasteiger partial charge in [0.2, 0.25) is 0 Å². The van der Waals surface area contributed by atoms with Crippen molar-refractivity contribution >= 4 is 41.3 Å². The van der Waals surface area contributed by atoms with Crippen LogP contribution < -0.4 is 5.32 Å². The highest BCUT2D eigenvalue weighted by Gasteiger charge is 2.21. The van der Waals surface area contributed by atoms with Crippen LogP contribution in [0.5, 0.6) is 0 Å². The molecule has 3 nitrogen and oxygen atoms in total. The van der Waals surface area contributed by atoms with E-state index < -0.39 is 0 Å². The summed E-state index contributed by atoms with van der Waals surface area (Å²) in [5, 5.41) is 5.65. The van der Waals surface area contributed by atoms with Crippen LogP contribution in [0.2, 0.25) is 0 Å². The number of halogens is 1. The van der Waals surface area contributed by atoms with Crippen LogP contribution in [-0.4, -0.2) is 38.0 Å². The van der Waals surface area contributed by atoms with E-state index in [1.54, 1.807) is 0 Å². The van der Waals surface area contributed by atoms with Crippen molar-refractivity contribution < 1.29 is 0 Å². The fourth-order valence-electron chi connectivity index (χ4n) is 2.51. The van der Waals surface area contributed by atoms with Gasteiger partial charge in [-0.2, -0.15) is 0 Å². The van der Waals surface area contributed by atoms with E-state index in [4.69, 9.17) is 0 Å². The lowest BCUT2D eigenvalue weighted by molar-refractivity contribution is 0.455. The first kappa shape index (κ1) is 21.0. The Kier molecular flexibility index (Phi) is 8.76. The van der Waals surface area contributed by atoms with Gasteiger partial charge in [-0.25, -0.2) is 0 Å². The molecule has 24 heavy (non-hydrogen) atoms. The van der Waals surface area contributed by atoms with E-state index in [9.17, 15) is 0 Å². The minimum atomic E-state index is 0. The van der Waals surface area contributed by atoms with Crippen LogP contribution in [0.15, 0.2) is 52.8 Å². The first-order chi connectivity index (χ1) is 11.0. The molecule has 1 aromatic carbocycles. The van der Waals surface area contributed by atoms with Gasteiger partial charge < -0.3 is 10.2 Å². The van der Waals surface area contributed by atoms with E-state index in [1.165, 1.54) is 10.4 Å². The molecule has 0 aliphatic carbocycles. The lowest BCUT2D eigenvalue weighted by Crippen LogP contribution is -2.44. The predicted molar refractivity (Wildman–Crippen MR) is 117 cm³/mol. The third-order valence-electron chi connectivity index (χ3n) is 4.09. The van der Waals surface area contributed by atoms with Crippen molar-refractivity contribution in [3.63, 3.8) is 0 Å². The molecule has 0 atom stereocenters. The van der Waals surface area contributed by atoms with Crippen molar-refractivity contribution in [2.75, 3.05) is 27.2 Å². The van der Waals surface area contributed by atoms with E-state index >= 15 is 0 Å². The van der Waals surface area contributed by atoms with E-state index in [2.05, 4.69) is 83.9 Å². The fraction of sp³-hybridized carbons (Fsp3) is 0.421. The lowest BCUT2D eigenvalue weighted by atomic mass is 9.85. The number of thiophene rings is 1. The minimum Gasteiger partial charge on any atom is -0.355 e. The summed E-state index contributed by atoms with van der Waals surface area (Å²) in [6.45, 7) is 6.33. The van der Waals surface area contributed by atoms with Gasteiger partial charge in [-0.3, -0.25) is 4.99 Å². The summed E-state index contributed by atoms with van der Waals surface area (Å²) in [4.78, 5) is 8.03. The summed E-state index contributed by atoms with van der Waals surface area (Å²) in [6.07, 6.45) is 1.05. The largest absolute Gasteiger partial charge is 0.355 e. The number of rotatable bonds is 6. The number of guanidine groups is 1. The molecule has 2 rings (SSSR count). The molecule has 1 heterocycles. The zero-order valence-electron chi connectivity index (χ0n) is 15.0. The summed E-state index contributed by atoms with van der Waals surface area (Å²) in [7, 11) is 3.94. The molecule has 0 saturated carbocycles. The fourth-order valence-corrected chi connectivity index (χ4v) is 3.21. The maximum atomic E-state index is 4.42. The molecule has 0 bridgehead atoms. The van der Waals surface area contributed by atoms with Crippen molar-refractivity contribution in [2.24, 2.45) is 4.99 Å². The van der Waals surface area contributed by atoms with Crippen molar-refractivity contribution in [1.29, 1.82) is 0 Å². The van der Waals surface area contributed by atoms with Gasteiger partial charge in [0.1, 0.15) is 0 Å². The number of hydrogen-bond acceptors (Lipinski definition) is 2. The van der Waals surface area contributed by atoms with Crippen LogP contribution in [-0.2, 0) is 11.8 Å². The Bertz CT molecular complexity index is 609. The predicted octanol–water partition coefficient (Wildman–Crippen LogP) is 4.39. The zero-order valence-corrected chi connectivity index (χ0v) is 18.1. The van der Waals surface area contributed by atoms with Crippen LogP contribution in [0, 0.1) is 0 Å². The Morgan fingerprint density at radius 3 is 2.46 bits per heavy atom. The summed E-state index contributed by atoms with van der Waals surface area (Å²) >= 11 is 1.81. The molecule has 0 fully saturated rings. The van der Waals surface area contributed by atoms with Gasteiger partial charge >= 0.3 is 0 Å². The van der Waals surface area contributed by atoms with Gasteiger partial charge in [0, 0.05) is 37.5 Å². The molecular formula is C19H28IN3S. The van der Waals surface area contributed by atoms with Crippen LogP contribution in [0.3, 0.4) is 0 Å². The summed E-state index contributed by atoms with van der Waals surface area (Å²) in [5.41, 5.74) is 1.40. The van der Waals surface area contributed by atoms with E-state index in [0.717, 1.165) is 25.5 Å². The van der Waals surface area contributed by atoms with Crippen LogP contribution in [0.1, 0.15) is 24.3 Å². The first-order valence-corrected chi connectivity index (χ1v) is 8.90. The Hall–Kier alpha value is -1.08. The highest BCUT2D eigenvalue weighted by atomic mass is 127. The quantitative estimate of drug-likeness (QED) is 0.396. The highest BCUT2D eigenvalue weighted by Crippen LogP contribution is 2.21. The number of likely N-dealkylation sites (N-methyl/N-ethyl adjacent to an activating group) is 1. The van der Waals surface area contributed by atoms with Crippen molar-refractivity contribution in [1.82, 2.24) is 10.2 Å². The third-order valence-corrected chi connectivity index (χ3v) is 5.03. The van der Waals surface area contributed by atoms with Gasteiger partial charge in [-0.05, 0) is 23.4 Å². The second kappa shape index (κ2) is 10.0. The van der Waals surface area contributed by atoms with E-state index in [1.807, 2.05) is 18.4 Å². The molecule has 1 N–H and O–H groups in total. The zero-order chi connectivity index (χ0) is 16.7. The van der Waals surface area contributed by atoms with Gasteiger partial charge in [0.15, 0.2) is 5.96 Å². The normalized spacial score (nSPS) is 11.8. The maximum Gasteiger partial charge on any atom is 0.193 e. The molecule has 1 aromatic heterocycles. The second-order valence-electron chi connectivity index (χ2n) is 6.40. The molecule has 0 aliphatic heterocycles. The molecule has 0 spiro atoms. The Morgan fingerprint density at radius 2 is 1.88 bits per heavy atom. The topological polar surface area (TPSA) is 27.6 Å². The van der Waals surface area contributed by atoms with Crippen molar-refractivity contribution in [2.45, 2.75) is 25.7 Å². The average molecular weight is 457 g/mol. The highest BCUT2D eigenvalue weighted by molar-refractivity contribution is 14.0. The number of nitrogens with zero attached hydrogens (tertiary/aromatic N) is 2. The van der Waals surface area contributed by atoms with Crippen LogP contribution in [0.25, 0.3) is 0 Å². The summed E-state index contributed by atoms with van der Waals surface area (Å²) in [5.74, 6) is 0.950. The molecule has 2 aromatic rings. The lowest BCUT2D eigenvalue weighted by Gasteiger charge is -2.29. The van der Waals surface area contributed by atoms with Gasteiger partial charge in [0.25, 0.3) is 0 Å². The molecule has 0 aliphatic rings. The summed E-state index contributed by atoms with van der Waals surface area (Å²) in [6, 6.07) is 14.9.